The molecule has 2 rings (SSSR count). The number of rotatable bonds is 1. The Morgan fingerprint density at radius 3 is 2.50 bits per heavy atom. The molecule has 0 radical (unpaired) electrons. The Hall–Kier alpha value is -1.49. The summed E-state index contributed by atoms with van der Waals surface area (Å²) in [6.07, 6.45) is 0. The fourth-order valence-corrected chi connectivity index (χ4v) is 3.50. The summed E-state index contributed by atoms with van der Waals surface area (Å²) in [6.45, 7) is 4.78. The lowest BCUT2D eigenvalue weighted by Gasteiger charge is -2.35. The lowest BCUT2D eigenvalue weighted by Crippen LogP contribution is -2.50. The minimum Gasteiger partial charge on any atom is -0.313 e. The molecule has 0 fully saturated rings. The first-order valence-corrected chi connectivity index (χ1v) is 6.77. The van der Waals surface area contributed by atoms with Gasteiger partial charge in [-0.1, -0.05) is 0 Å². The number of amides is 1. The average molecular weight is 265 g/mol. The fraction of sp³-hybridized carbons (Fsp3) is 0.385. The van der Waals surface area contributed by atoms with E-state index in [1.165, 1.54) is 11.8 Å². The van der Waals surface area contributed by atoms with Gasteiger partial charge in [-0.05, 0) is 39.0 Å². The minimum absolute atomic E-state index is 0.0767. The molecule has 0 bridgehead atoms. The normalized spacial score (nSPS) is 21.7. The maximum absolute atomic E-state index is 12.4. The Balaban J connectivity index is 2.68. The zero-order valence-electron chi connectivity index (χ0n) is 10.8. The number of carbonyl (C=O) groups excluding carboxylic acids is 2. The molecule has 1 heterocycles. The van der Waals surface area contributed by atoms with Crippen molar-refractivity contribution in [3.05, 3.63) is 23.8 Å². The minimum atomic E-state index is -1.45. The Morgan fingerprint density at radius 1 is 1.33 bits per heavy atom. The van der Waals surface area contributed by atoms with Crippen molar-refractivity contribution in [2.75, 3.05) is 11.9 Å². The summed E-state index contributed by atoms with van der Waals surface area (Å²) < 4.78 is 11.5. The van der Waals surface area contributed by atoms with E-state index in [-0.39, 0.29) is 11.7 Å². The third-order valence-corrected chi connectivity index (χ3v) is 5.04. The van der Waals surface area contributed by atoms with Crippen molar-refractivity contribution in [3.63, 3.8) is 0 Å². The van der Waals surface area contributed by atoms with Gasteiger partial charge in [-0.25, -0.2) is 0 Å². The third kappa shape index (κ3) is 1.70. The number of carbonyl (C=O) groups is 2. The number of hydrogen-bond acceptors (Lipinski definition) is 3. The van der Waals surface area contributed by atoms with Crippen LogP contribution in [0.1, 0.15) is 31.1 Å². The van der Waals surface area contributed by atoms with Crippen molar-refractivity contribution in [1.29, 1.82) is 0 Å². The first-order valence-electron chi connectivity index (χ1n) is 5.62. The van der Waals surface area contributed by atoms with Gasteiger partial charge in [0.2, 0.25) is 5.91 Å². The van der Waals surface area contributed by atoms with Gasteiger partial charge in [0.05, 0.1) is 21.4 Å². The fourth-order valence-electron chi connectivity index (χ4n) is 2.03. The molecule has 1 aliphatic rings. The van der Waals surface area contributed by atoms with Crippen molar-refractivity contribution in [3.8, 4) is 0 Å². The maximum atomic E-state index is 12.4. The largest absolute Gasteiger partial charge is 0.313 e. The number of ketones is 1. The number of hydrogen-bond donors (Lipinski definition) is 0. The predicted octanol–water partition coefficient (Wildman–Crippen LogP) is 1.75. The Bertz CT molecular complexity index is 578. The molecule has 1 amide bonds. The summed E-state index contributed by atoms with van der Waals surface area (Å²) in [5, 5.41) is 0. The maximum Gasteiger partial charge on any atom is 0.245 e. The second kappa shape index (κ2) is 4.02. The standard InChI is InChI=1S/C13H15NO3S/c1-8(15)9-5-6-10-11(7-9)18(17)13(2,3)12(16)14(10)4/h5-7H,1-4H3. The second-order valence-corrected chi connectivity index (χ2v) is 6.88. The molecule has 1 unspecified atom stereocenters. The SMILES string of the molecule is CC(=O)c1ccc2c(c1)S(=O)C(C)(C)C(=O)N2C. The molecule has 1 aromatic rings. The number of anilines is 1. The van der Waals surface area contributed by atoms with Crippen LogP contribution in [0.15, 0.2) is 23.1 Å². The van der Waals surface area contributed by atoms with Gasteiger partial charge in [-0.2, -0.15) is 0 Å². The van der Waals surface area contributed by atoms with E-state index in [2.05, 4.69) is 0 Å². The molecule has 96 valence electrons. The number of nitrogens with zero attached hydrogens (tertiary/aromatic N) is 1. The molecule has 4 nitrogen and oxygen atoms in total. The highest BCUT2D eigenvalue weighted by Gasteiger charge is 2.43. The lowest BCUT2D eigenvalue weighted by molar-refractivity contribution is -0.120. The van der Waals surface area contributed by atoms with Crippen LogP contribution in [-0.2, 0) is 15.6 Å². The number of fused-ring (bicyclic) bond motifs is 1. The van der Waals surface area contributed by atoms with Crippen LogP contribution in [-0.4, -0.2) is 27.7 Å². The van der Waals surface area contributed by atoms with Crippen LogP contribution in [0.5, 0.6) is 0 Å². The van der Waals surface area contributed by atoms with Crippen LogP contribution >= 0.6 is 0 Å². The summed E-state index contributed by atoms with van der Waals surface area (Å²) in [5.74, 6) is -0.254. The van der Waals surface area contributed by atoms with Crippen LogP contribution in [0.25, 0.3) is 0 Å². The van der Waals surface area contributed by atoms with Crippen molar-refractivity contribution in [2.24, 2.45) is 0 Å². The quantitative estimate of drug-likeness (QED) is 0.727. The van der Waals surface area contributed by atoms with Gasteiger partial charge in [-0.3, -0.25) is 13.8 Å². The Morgan fingerprint density at radius 2 is 1.94 bits per heavy atom. The zero-order chi connectivity index (χ0) is 13.7. The van der Waals surface area contributed by atoms with E-state index in [0.29, 0.717) is 16.1 Å². The van der Waals surface area contributed by atoms with E-state index in [1.54, 1.807) is 39.1 Å². The first-order chi connectivity index (χ1) is 8.26. The first kappa shape index (κ1) is 13.0. The molecule has 1 aliphatic heterocycles. The van der Waals surface area contributed by atoms with E-state index >= 15 is 0 Å². The number of Topliss-reactive ketones (excluding diaryl/α,β-unsaturated/α-hetero) is 1. The van der Waals surface area contributed by atoms with Crippen molar-refractivity contribution >= 4 is 28.2 Å². The molecular formula is C13H15NO3S. The highest BCUT2D eigenvalue weighted by molar-refractivity contribution is 7.87. The third-order valence-electron chi connectivity index (χ3n) is 3.21. The topological polar surface area (TPSA) is 54.5 Å². The van der Waals surface area contributed by atoms with E-state index < -0.39 is 15.5 Å². The van der Waals surface area contributed by atoms with Crippen LogP contribution in [0.3, 0.4) is 0 Å². The van der Waals surface area contributed by atoms with Crippen molar-refractivity contribution in [1.82, 2.24) is 0 Å². The molecule has 0 aliphatic carbocycles. The lowest BCUT2D eigenvalue weighted by atomic mass is 10.1. The molecule has 0 saturated heterocycles. The van der Waals surface area contributed by atoms with E-state index in [4.69, 9.17) is 0 Å². The van der Waals surface area contributed by atoms with E-state index in [1.807, 2.05) is 0 Å². The average Bonchev–Trinajstić information content (AvgIpc) is 2.33. The van der Waals surface area contributed by atoms with Crippen molar-refractivity contribution in [2.45, 2.75) is 30.4 Å². The highest BCUT2D eigenvalue weighted by Crippen LogP contribution is 2.37. The molecular weight excluding hydrogens is 250 g/mol. The van der Waals surface area contributed by atoms with Gasteiger partial charge in [0.25, 0.3) is 0 Å². The molecule has 18 heavy (non-hydrogen) atoms. The summed E-state index contributed by atoms with van der Waals surface area (Å²) in [5.41, 5.74) is 1.13. The van der Waals surface area contributed by atoms with Gasteiger partial charge in [0, 0.05) is 12.6 Å². The van der Waals surface area contributed by atoms with Crippen LogP contribution in [0.4, 0.5) is 5.69 Å². The van der Waals surface area contributed by atoms with Gasteiger partial charge >= 0.3 is 0 Å². The molecule has 1 atom stereocenters. The zero-order valence-corrected chi connectivity index (χ0v) is 11.6. The van der Waals surface area contributed by atoms with Crippen molar-refractivity contribution < 1.29 is 13.8 Å². The highest BCUT2D eigenvalue weighted by atomic mass is 32.2. The van der Waals surface area contributed by atoms with Gasteiger partial charge in [-0.15, -0.1) is 0 Å². The molecule has 0 aromatic heterocycles. The van der Waals surface area contributed by atoms with Crippen LogP contribution < -0.4 is 4.90 Å². The Labute approximate surface area is 108 Å². The van der Waals surface area contributed by atoms with Crippen LogP contribution in [0, 0.1) is 0 Å². The monoisotopic (exact) mass is 265 g/mol. The van der Waals surface area contributed by atoms with E-state index in [9.17, 15) is 13.8 Å². The molecule has 0 N–H and O–H groups in total. The molecule has 0 saturated carbocycles. The molecule has 5 heteroatoms. The van der Waals surface area contributed by atoms with Gasteiger partial charge < -0.3 is 4.90 Å². The summed E-state index contributed by atoms with van der Waals surface area (Å²) >= 11 is 0. The molecule has 1 aromatic carbocycles. The smallest absolute Gasteiger partial charge is 0.245 e. The summed E-state index contributed by atoms with van der Waals surface area (Å²) in [6, 6.07) is 4.95. The van der Waals surface area contributed by atoms with Gasteiger partial charge in [0.15, 0.2) is 5.78 Å². The summed E-state index contributed by atoms with van der Waals surface area (Å²) in [4.78, 5) is 25.5. The molecule has 0 spiro atoms. The predicted molar refractivity (Wildman–Crippen MR) is 70.3 cm³/mol. The van der Waals surface area contributed by atoms with E-state index in [0.717, 1.165) is 0 Å². The number of benzene rings is 1. The summed E-state index contributed by atoms with van der Waals surface area (Å²) in [7, 11) is 0.213. The van der Waals surface area contributed by atoms with Gasteiger partial charge in [0.1, 0.15) is 4.75 Å². The van der Waals surface area contributed by atoms with Crippen LogP contribution in [0.2, 0.25) is 0 Å². The second-order valence-electron chi connectivity index (χ2n) is 4.88. The Kier molecular flexibility index (Phi) is 2.89.